The van der Waals surface area contributed by atoms with Gasteiger partial charge >= 0.3 is 0 Å². The number of ether oxygens (including phenoxy) is 1. The number of benzene rings is 1. The molecule has 1 aromatic carbocycles. The summed E-state index contributed by atoms with van der Waals surface area (Å²) in [7, 11) is 0. The lowest BCUT2D eigenvalue weighted by atomic mass is 10.0. The molecule has 1 saturated heterocycles. The van der Waals surface area contributed by atoms with Crippen molar-refractivity contribution in [2.24, 2.45) is 0 Å². The monoisotopic (exact) mass is 310 g/mol. The van der Waals surface area contributed by atoms with Crippen molar-refractivity contribution >= 4 is 5.57 Å². The van der Waals surface area contributed by atoms with Gasteiger partial charge in [0, 0.05) is 24.7 Å². The van der Waals surface area contributed by atoms with E-state index in [0.717, 1.165) is 17.7 Å². The maximum Gasteiger partial charge on any atom is 0.213 e. The fraction of sp³-hybridized carbons (Fsp3) is 0.316. The van der Waals surface area contributed by atoms with Gasteiger partial charge in [0.2, 0.25) is 5.88 Å². The van der Waals surface area contributed by atoms with Crippen LogP contribution in [0.2, 0.25) is 0 Å². The molecule has 118 valence electrons. The first kappa shape index (κ1) is 14.4. The van der Waals surface area contributed by atoms with Gasteiger partial charge in [0.1, 0.15) is 6.61 Å². The van der Waals surface area contributed by atoms with E-state index >= 15 is 0 Å². The highest BCUT2D eigenvalue weighted by Crippen LogP contribution is 2.31. The summed E-state index contributed by atoms with van der Waals surface area (Å²) >= 11 is 0. The van der Waals surface area contributed by atoms with E-state index in [0.29, 0.717) is 19.0 Å². The Hall–Kier alpha value is -2.20. The number of nitrogens with zero attached hydrogens (tertiary/aromatic N) is 1. The second-order valence-electron chi connectivity index (χ2n) is 6.37. The maximum atomic E-state index is 14.0. The van der Waals surface area contributed by atoms with E-state index in [1.54, 1.807) is 6.07 Å². The van der Waals surface area contributed by atoms with Crippen molar-refractivity contribution in [2.45, 2.75) is 19.0 Å². The molecule has 1 N–H and O–H groups in total. The summed E-state index contributed by atoms with van der Waals surface area (Å²) in [5, 5.41) is 2.92. The number of allylic oxidation sites excluding steroid dienone is 2. The van der Waals surface area contributed by atoms with Crippen LogP contribution in [0.4, 0.5) is 4.39 Å². The Labute approximate surface area is 135 Å². The average Bonchev–Trinajstić information content (AvgIpc) is 2.92. The highest BCUT2D eigenvalue weighted by atomic mass is 19.1. The van der Waals surface area contributed by atoms with Crippen molar-refractivity contribution in [3.8, 4) is 17.1 Å². The molecular weight excluding hydrogens is 291 g/mol. The number of halogens is 1. The summed E-state index contributed by atoms with van der Waals surface area (Å²) in [6.45, 7) is 2.88. The number of fused-ring (bicyclic) bond motifs is 1. The molecule has 2 aliphatic rings. The molecule has 0 spiro atoms. The summed E-state index contributed by atoms with van der Waals surface area (Å²) in [6, 6.07) is 12.0. The van der Waals surface area contributed by atoms with Crippen molar-refractivity contribution in [1.82, 2.24) is 10.3 Å². The van der Waals surface area contributed by atoms with E-state index < -0.39 is 5.67 Å². The van der Waals surface area contributed by atoms with Crippen molar-refractivity contribution in [3.05, 3.63) is 53.6 Å². The lowest BCUT2D eigenvalue weighted by Crippen LogP contribution is -2.59. The van der Waals surface area contributed by atoms with Crippen LogP contribution in [0, 0.1) is 0 Å². The van der Waals surface area contributed by atoms with Gasteiger partial charge in [-0.15, -0.1) is 0 Å². The zero-order valence-corrected chi connectivity index (χ0v) is 13.1. The average molecular weight is 310 g/mol. The van der Waals surface area contributed by atoms with Crippen LogP contribution in [-0.2, 0) is 6.42 Å². The first-order valence-electron chi connectivity index (χ1n) is 7.93. The van der Waals surface area contributed by atoms with Crippen molar-refractivity contribution in [1.29, 1.82) is 0 Å². The van der Waals surface area contributed by atoms with E-state index in [9.17, 15) is 4.39 Å². The van der Waals surface area contributed by atoms with Crippen molar-refractivity contribution < 1.29 is 9.13 Å². The Morgan fingerprint density at radius 3 is 2.91 bits per heavy atom. The summed E-state index contributed by atoms with van der Waals surface area (Å²) in [5.74, 6) is 0.471. The van der Waals surface area contributed by atoms with Crippen LogP contribution < -0.4 is 10.1 Å². The zero-order valence-electron chi connectivity index (χ0n) is 13.1. The molecule has 0 amide bonds. The topological polar surface area (TPSA) is 34.1 Å². The van der Waals surface area contributed by atoms with Crippen molar-refractivity contribution in [3.63, 3.8) is 0 Å². The molecule has 1 aromatic heterocycles. The molecule has 0 radical (unpaired) electrons. The van der Waals surface area contributed by atoms with Gasteiger partial charge in [0.15, 0.2) is 5.67 Å². The summed E-state index contributed by atoms with van der Waals surface area (Å²) in [4.78, 5) is 4.53. The molecule has 0 saturated carbocycles. The molecular formula is C19H19FN2O. The molecule has 2 aromatic rings. The summed E-state index contributed by atoms with van der Waals surface area (Å²) in [5.41, 5.74) is 4.61. The van der Waals surface area contributed by atoms with Crippen LogP contribution in [0.1, 0.15) is 18.1 Å². The van der Waals surface area contributed by atoms with Crippen LogP contribution in [0.5, 0.6) is 5.88 Å². The lowest BCUT2D eigenvalue weighted by Gasteiger charge is -2.34. The fourth-order valence-corrected chi connectivity index (χ4v) is 3.01. The van der Waals surface area contributed by atoms with Crippen LogP contribution in [0.3, 0.4) is 0 Å². The third kappa shape index (κ3) is 2.75. The Morgan fingerprint density at radius 2 is 2.13 bits per heavy atom. The Morgan fingerprint density at radius 1 is 1.26 bits per heavy atom. The third-order valence-corrected chi connectivity index (χ3v) is 4.54. The molecule has 4 rings (SSSR count). The number of pyridine rings is 1. The van der Waals surface area contributed by atoms with E-state index in [1.807, 2.05) is 12.1 Å². The standard InChI is InChI=1S/C19H19FN2O/c1-13-5-6-14-7-8-15(9-16(13)14)17-3-2-4-18(22-17)23-12-19(20)10-21-11-19/h2-5,7-9,21H,6,10-12H2,1H3. The van der Waals surface area contributed by atoms with Crippen LogP contribution in [0.25, 0.3) is 16.8 Å². The van der Waals surface area contributed by atoms with Gasteiger partial charge in [-0.05, 0) is 42.2 Å². The molecule has 3 nitrogen and oxygen atoms in total. The maximum absolute atomic E-state index is 14.0. The second kappa shape index (κ2) is 5.46. The number of rotatable bonds is 4. The summed E-state index contributed by atoms with van der Waals surface area (Å²) in [6.07, 6.45) is 3.25. The van der Waals surface area contributed by atoms with E-state index in [4.69, 9.17) is 4.74 Å². The minimum absolute atomic E-state index is 0.0441. The number of alkyl halides is 1. The number of nitrogens with one attached hydrogen (secondary N) is 1. The van der Waals surface area contributed by atoms with Crippen LogP contribution in [0.15, 0.2) is 42.5 Å². The van der Waals surface area contributed by atoms with Crippen LogP contribution in [-0.4, -0.2) is 30.3 Å². The van der Waals surface area contributed by atoms with Gasteiger partial charge in [0.05, 0.1) is 5.69 Å². The van der Waals surface area contributed by atoms with E-state index in [2.05, 4.69) is 41.5 Å². The Balaban J connectivity index is 1.56. The van der Waals surface area contributed by atoms with Crippen molar-refractivity contribution in [2.75, 3.05) is 19.7 Å². The number of aromatic nitrogens is 1. The molecule has 0 unspecified atom stereocenters. The smallest absolute Gasteiger partial charge is 0.213 e. The Bertz CT molecular complexity index is 781. The normalized spacial score (nSPS) is 18.1. The lowest BCUT2D eigenvalue weighted by molar-refractivity contribution is 0.0329. The molecule has 1 fully saturated rings. The summed E-state index contributed by atoms with van der Waals surface area (Å²) < 4.78 is 19.5. The molecule has 1 aliphatic heterocycles. The highest BCUT2D eigenvalue weighted by molar-refractivity contribution is 5.76. The van der Waals surface area contributed by atoms with Crippen LogP contribution >= 0.6 is 0 Å². The predicted octanol–water partition coefficient (Wildman–Crippen LogP) is 3.40. The first-order chi connectivity index (χ1) is 11.1. The number of hydrogen-bond acceptors (Lipinski definition) is 3. The molecule has 0 bridgehead atoms. The highest BCUT2D eigenvalue weighted by Gasteiger charge is 2.38. The quantitative estimate of drug-likeness (QED) is 0.940. The molecule has 4 heteroatoms. The molecule has 0 atom stereocenters. The largest absolute Gasteiger partial charge is 0.474 e. The predicted molar refractivity (Wildman–Crippen MR) is 89.2 cm³/mol. The zero-order chi connectivity index (χ0) is 15.9. The molecule has 2 heterocycles. The molecule has 1 aliphatic carbocycles. The fourth-order valence-electron chi connectivity index (χ4n) is 3.01. The second-order valence-corrected chi connectivity index (χ2v) is 6.37. The first-order valence-corrected chi connectivity index (χ1v) is 7.93. The van der Waals surface area contributed by atoms with E-state index in [-0.39, 0.29) is 6.61 Å². The molecule has 23 heavy (non-hydrogen) atoms. The SMILES string of the molecule is CC1=CCc2ccc(-c3cccc(OCC4(F)CNC4)n3)cc21. The van der Waals surface area contributed by atoms with Gasteiger partial charge < -0.3 is 10.1 Å². The van der Waals surface area contributed by atoms with Gasteiger partial charge in [-0.2, -0.15) is 0 Å². The van der Waals surface area contributed by atoms with Gasteiger partial charge in [-0.1, -0.05) is 24.3 Å². The van der Waals surface area contributed by atoms with Gasteiger partial charge in [-0.25, -0.2) is 9.37 Å². The van der Waals surface area contributed by atoms with E-state index in [1.165, 1.54) is 16.7 Å². The van der Waals surface area contributed by atoms with Gasteiger partial charge in [0.25, 0.3) is 0 Å². The number of hydrogen-bond donors (Lipinski definition) is 1. The van der Waals surface area contributed by atoms with Gasteiger partial charge in [-0.3, -0.25) is 0 Å². The Kier molecular flexibility index (Phi) is 3.42. The minimum Gasteiger partial charge on any atom is -0.474 e. The third-order valence-electron chi connectivity index (χ3n) is 4.54. The minimum atomic E-state index is -1.26.